The standard InChI is InChI=1S/C16H11NSi/c1-2-8-14-12(5-1)16-11(13-7-4-10-17-13)6-3-9-15(16)18-14/h1-10,17H. The van der Waals surface area contributed by atoms with Gasteiger partial charge in [-0.3, -0.25) is 0 Å². The first kappa shape index (κ1) is 9.92. The van der Waals surface area contributed by atoms with Gasteiger partial charge < -0.3 is 4.98 Å². The highest BCUT2D eigenvalue weighted by Crippen LogP contribution is 2.30. The number of hydrogen-bond acceptors (Lipinski definition) is 0. The minimum atomic E-state index is 0.788. The van der Waals surface area contributed by atoms with E-state index < -0.39 is 0 Å². The molecule has 0 spiro atoms. The van der Waals surface area contributed by atoms with Crippen LogP contribution in [0, 0.1) is 0 Å². The molecule has 0 saturated carbocycles. The average Bonchev–Trinajstić information content (AvgIpc) is 3.05. The molecule has 0 amide bonds. The van der Waals surface area contributed by atoms with Crippen molar-refractivity contribution in [2.75, 3.05) is 0 Å². The fourth-order valence-corrected chi connectivity index (χ4v) is 4.01. The Bertz CT molecular complexity index is 714. The van der Waals surface area contributed by atoms with Gasteiger partial charge in [0.05, 0.1) is 0 Å². The second-order valence-electron chi connectivity index (χ2n) is 4.48. The van der Waals surface area contributed by atoms with Crippen molar-refractivity contribution in [1.29, 1.82) is 0 Å². The largest absolute Gasteiger partial charge is 0.361 e. The predicted octanol–water partition coefficient (Wildman–Crippen LogP) is 2.32. The van der Waals surface area contributed by atoms with E-state index in [0.29, 0.717) is 0 Å². The molecule has 1 aromatic heterocycles. The van der Waals surface area contributed by atoms with Crippen LogP contribution in [-0.4, -0.2) is 14.5 Å². The van der Waals surface area contributed by atoms with Gasteiger partial charge >= 0.3 is 0 Å². The molecule has 2 aromatic carbocycles. The normalized spacial score (nSPS) is 12.2. The number of H-pyrrole nitrogens is 1. The molecule has 0 aliphatic carbocycles. The molecular formula is C16H11NSi. The maximum absolute atomic E-state index is 3.32. The SMILES string of the molecule is c1c[nH]c(-c2cccc3c2-c2ccccc2[Si]3)c1. The summed E-state index contributed by atoms with van der Waals surface area (Å²) in [6.07, 6.45) is 1.98. The molecule has 1 aliphatic rings. The summed E-state index contributed by atoms with van der Waals surface area (Å²) in [5.41, 5.74) is 5.33. The molecule has 3 aromatic rings. The molecule has 2 heterocycles. The van der Waals surface area contributed by atoms with E-state index in [4.69, 9.17) is 0 Å². The first-order valence-corrected chi connectivity index (χ1v) is 7.07. The lowest BCUT2D eigenvalue weighted by atomic mass is 9.98. The third-order valence-electron chi connectivity index (χ3n) is 3.42. The summed E-state index contributed by atoms with van der Waals surface area (Å²) in [7, 11) is 0.788. The van der Waals surface area contributed by atoms with Crippen LogP contribution in [0.4, 0.5) is 0 Å². The van der Waals surface area contributed by atoms with E-state index in [0.717, 1.165) is 9.52 Å². The monoisotopic (exact) mass is 245 g/mol. The molecule has 0 bridgehead atoms. The topological polar surface area (TPSA) is 15.8 Å². The number of benzene rings is 2. The minimum absolute atomic E-state index is 0.788. The smallest absolute Gasteiger partial charge is 0.123 e. The average molecular weight is 245 g/mol. The zero-order valence-corrected chi connectivity index (χ0v) is 10.8. The van der Waals surface area contributed by atoms with Crippen molar-refractivity contribution in [2.24, 2.45) is 0 Å². The molecule has 1 aliphatic heterocycles. The van der Waals surface area contributed by atoms with Crippen LogP contribution in [0.15, 0.2) is 60.8 Å². The summed E-state index contributed by atoms with van der Waals surface area (Å²) in [6.45, 7) is 0. The van der Waals surface area contributed by atoms with E-state index in [1.807, 2.05) is 6.20 Å². The summed E-state index contributed by atoms with van der Waals surface area (Å²) in [5.74, 6) is 0. The highest BCUT2D eigenvalue weighted by molar-refractivity contribution is 6.73. The maximum atomic E-state index is 3.32. The first-order chi connectivity index (χ1) is 8.93. The number of rotatable bonds is 1. The van der Waals surface area contributed by atoms with E-state index in [2.05, 4.69) is 59.6 Å². The van der Waals surface area contributed by atoms with Gasteiger partial charge in [-0.05, 0) is 28.4 Å². The summed E-state index contributed by atoms with van der Waals surface area (Å²) < 4.78 is 0. The molecule has 0 unspecified atom stereocenters. The molecule has 0 saturated heterocycles. The number of fused-ring (bicyclic) bond motifs is 3. The lowest BCUT2D eigenvalue weighted by Gasteiger charge is -2.08. The van der Waals surface area contributed by atoms with Crippen molar-refractivity contribution in [3.8, 4) is 22.4 Å². The second-order valence-corrected chi connectivity index (χ2v) is 5.81. The second kappa shape index (κ2) is 3.72. The van der Waals surface area contributed by atoms with E-state index in [1.165, 1.54) is 32.8 Å². The Morgan fingerprint density at radius 3 is 2.44 bits per heavy atom. The van der Waals surface area contributed by atoms with E-state index in [-0.39, 0.29) is 0 Å². The van der Waals surface area contributed by atoms with Crippen molar-refractivity contribution in [2.45, 2.75) is 0 Å². The van der Waals surface area contributed by atoms with Crippen molar-refractivity contribution in [3.05, 3.63) is 60.8 Å². The van der Waals surface area contributed by atoms with Crippen molar-refractivity contribution >= 4 is 19.9 Å². The molecule has 84 valence electrons. The van der Waals surface area contributed by atoms with Gasteiger partial charge in [0.1, 0.15) is 9.52 Å². The fourth-order valence-electron chi connectivity index (χ4n) is 2.62. The zero-order valence-electron chi connectivity index (χ0n) is 9.77. The van der Waals surface area contributed by atoms with Gasteiger partial charge in [0.25, 0.3) is 0 Å². The van der Waals surface area contributed by atoms with Gasteiger partial charge in [-0.1, -0.05) is 47.7 Å². The van der Waals surface area contributed by atoms with Crippen LogP contribution in [0.1, 0.15) is 0 Å². The number of aromatic nitrogens is 1. The summed E-state index contributed by atoms with van der Waals surface area (Å²) in [5, 5.41) is 2.93. The molecule has 1 nitrogen and oxygen atoms in total. The Balaban J connectivity index is 2.03. The highest BCUT2D eigenvalue weighted by Gasteiger charge is 2.22. The number of hydrogen-bond donors (Lipinski definition) is 1. The minimum Gasteiger partial charge on any atom is -0.361 e. The van der Waals surface area contributed by atoms with Gasteiger partial charge in [-0.15, -0.1) is 0 Å². The molecule has 18 heavy (non-hydrogen) atoms. The van der Waals surface area contributed by atoms with Gasteiger partial charge in [0.15, 0.2) is 0 Å². The first-order valence-electron chi connectivity index (χ1n) is 6.07. The number of nitrogens with one attached hydrogen (secondary N) is 1. The third kappa shape index (κ3) is 1.33. The van der Waals surface area contributed by atoms with Crippen molar-refractivity contribution < 1.29 is 0 Å². The van der Waals surface area contributed by atoms with Crippen molar-refractivity contribution in [1.82, 2.24) is 4.98 Å². The lowest BCUT2D eigenvalue weighted by Crippen LogP contribution is -2.20. The summed E-state index contributed by atoms with van der Waals surface area (Å²) >= 11 is 0. The Hall–Kier alpha value is -2.06. The molecule has 0 fully saturated rings. The van der Waals surface area contributed by atoms with E-state index >= 15 is 0 Å². The van der Waals surface area contributed by atoms with Crippen molar-refractivity contribution in [3.63, 3.8) is 0 Å². The van der Waals surface area contributed by atoms with Gasteiger partial charge in [0, 0.05) is 17.5 Å². The Morgan fingerprint density at radius 2 is 1.56 bits per heavy atom. The quantitative estimate of drug-likeness (QED) is 0.495. The molecule has 0 atom stereocenters. The third-order valence-corrected chi connectivity index (χ3v) is 4.81. The molecular weight excluding hydrogens is 234 g/mol. The highest BCUT2D eigenvalue weighted by atomic mass is 28.2. The number of aromatic amines is 1. The molecule has 4 rings (SSSR count). The molecule has 2 heteroatoms. The van der Waals surface area contributed by atoms with Gasteiger partial charge in [-0.2, -0.15) is 0 Å². The van der Waals surface area contributed by atoms with Crippen LogP contribution < -0.4 is 10.4 Å². The van der Waals surface area contributed by atoms with Crippen LogP contribution in [-0.2, 0) is 0 Å². The van der Waals surface area contributed by atoms with E-state index in [9.17, 15) is 0 Å². The van der Waals surface area contributed by atoms with Crippen LogP contribution in [0.3, 0.4) is 0 Å². The van der Waals surface area contributed by atoms with Crippen LogP contribution in [0.25, 0.3) is 22.4 Å². The van der Waals surface area contributed by atoms with E-state index in [1.54, 1.807) is 0 Å². The van der Waals surface area contributed by atoms with Crippen LogP contribution in [0.5, 0.6) is 0 Å². The van der Waals surface area contributed by atoms with Gasteiger partial charge in [0.2, 0.25) is 0 Å². The summed E-state index contributed by atoms with van der Waals surface area (Å²) in [4.78, 5) is 3.32. The summed E-state index contributed by atoms with van der Waals surface area (Å²) in [6, 6.07) is 19.5. The fraction of sp³-hybridized carbons (Fsp3) is 0. The van der Waals surface area contributed by atoms with Gasteiger partial charge in [-0.25, -0.2) is 0 Å². The van der Waals surface area contributed by atoms with Crippen LogP contribution >= 0.6 is 0 Å². The van der Waals surface area contributed by atoms with Crippen LogP contribution in [0.2, 0.25) is 0 Å². The molecule has 2 radical (unpaired) electrons. The zero-order chi connectivity index (χ0) is 11.9. The maximum Gasteiger partial charge on any atom is 0.123 e. The lowest BCUT2D eigenvalue weighted by molar-refractivity contribution is 1.40. The Labute approximate surface area is 108 Å². The molecule has 1 N–H and O–H groups in total. The Morgan fingerprint density at radius 1 is 0.722 bits per heavy atom. The predicted molar refractivity (Wildman–Crippen MR) is 76.7 cm³/mol. The Kier molecular flexibility index (Phi) is 2.05.